The molecular formula is C20H20Cl2N6O2. The Bertz CT molecular complexity index is 1050. The highest BCUT2D eigenvalue weighted by atomic mass is 35.5. The smallest absolute Gasteiger partial charge is 0.324 e. The minimum atomic E-state index is 0.178. The minimum Gasteiger partial charge on any atom is -0.480 e. The number of rotatable bonds is 4. The van der Waals surface area contributed by atoms with Crippen LogP contribution in [0.1, 0.15) is 12.8 Å². The predicted molar refractivity (Wildman–Crippen MR) is 114 cm³/mol. The lowest BCUT2D eigenvalue weighted by Crippen LogP contribution is -2.63. The molecule has 0 atom stereocenters. The second-order valence-electron chi connectivity index (χ2n) is 7.86. The van der Waals surface area contributed by atoms with Crippen LogP contribution in [0.2, 0.25) is 10.0 Å². The Morgan fingerprint density at radius 2 is 1.80 bits per heavy atom. The van der Waals surface area contributed by atoms with Crippen LogP contribution in [0, 0.1) is 5.41 Å². The normalized spacial score (nSPS) is 17.8. The third kappa shape index (κ3) is 3.65. The van der Waals surface area contributed by atoms with Crippen LogP contribution in [0.3, 0.4) is 0 Å². The van der Waals surface area contributed by atoms with Gasteiger partial charge in [0.1, 0.15) is 0 Å². The number of hydrogen-bond donors (Lipinski definition) is 0. The Balaban J connectivity index is 1.29. The lowest BCUT2D eigenvalue weighted by molar-refractivity contribution is 0.168. The van der Waals surface area contributed by atoms with E-state index >= 15 is 0 Å². The maximum atomic E-state index is 6.10. The largest absolute Gasteiger partial charge is 0.480 e. The molecule has 0 radical (unpaired) electrons. The number of halogens is 2. The molecule has 2 aromatic heterocycles. The van der Waals surface area contributed by atoms with Gasteiger partial charge in [0.25, 0.3) is 0 Å². The van der Waals surface area contributed by atoms with Crippen LogP contribution in [0.25, 0.3) is 11.4 Å². The van der Waals surface area contributed by atoms with Crippen LogP contribution < -0.4 is 14.5 Å². The third-order valence-corrected chi connectivity index (χ3v) is 6.09. The molecule has 1 aromatic carbocycles. The lowest BCUT2D eigenvalue weighted by Gasteiger charge is -2.54. The van der Waals surface area contributed by atoms with Gasteiger partial charge < -0.3 is 19.1 Å². The fourth-order valence-electron chi connectivity index (χ4n) is 4.29. The summed E-state index contributed by atoms with van der Waals surface area (Å²) >= 11 is 12.2. The van der Waals surface area contributed by atoms with Crippen LogP contribution in [0.4, 0.5) is 11.8 Å². The SMILES string of the molecule is COc1cncc(N2CC3(CCCN(c4nc(-c5cc(Cl)cc(Cl)c5)no4)C3)C2)n1. The maximum absolute atomic E-state index is 6.10. The summed E-state index contributed by atoms with van der Waals surface area (Å²) in [5, 5.41) is 5.21. The highest BCUT2D eigenvalue weighted by molar-refractivity contribution is 6.35. The average molecular weight is 447 g/mol. The van der Waals surface area contributed by atoms with Crippen molar-refractivity contribution in [3.05, 3.63) is 40.6 Å². The van der Waals surface area contributed by atoms with Crippen molar-refractivity contribution in [2.24, 2.45) is 5.41 Å². The molecule has 0 N–H and O–H groups in total. The molecule has 2 fully saturated rings. The highest BCUT2D eigenvalue weighted by Crippen LogP contribution is 2.42. The van der Waals surface area contributed by atoms with E-state index in [1.54, 1.807) is 37.7 Å². The number of hydrogen-bond acceptors (Lipinski definition) is 8. The number of nitrogens with zero attached hydrogens (tertiary/aromatic N) is 6. The van der Waals surface area contributed by atoms with Gasteiger partial charge in [0.15, 0.2) is 5.82 Å². The van der Waals surface area contributed by atoms with E-state index in [9.17, 15) is 0 Å². The average Bonchev–Trinajstić information content (AvgIpc) is 3.22. The van der Waals surface area contributed by atoms with Gasteiger partial charge in [-0.05, 0) is 31.0 Å². The number of ether oxygens (including phenoxy) is 1. The Labute approximate surface area is 183 Å². The zero-order valence-corrected chi connectivity index (χ0v) is 17.9. The molecule has 0 amide bonds. The number of piperidine rings is 1. The van der Waals surface area contributed by atoms with Crippen molar-refractivity contribution in [1.82, 2.24) is 20.1 Å². The molecular weight excluding hydrogens is 427 g/mol. The van der Waals surface area contributed by atoms with Crippen molar-refractivity contribution in [2.75, 3.05) is 43.1 Å². The van der Waals surface area contributed by atoms with E-state index in [4.69, 9.17) is 32.5 Å². The molecule has 30 heavy (non-hydrogen) atoms. The van der Waals surface area contributed by atoms with E-state index in [0.29, 0.717) is 27.8 Å². The molecule has 2 aliphatic heterocycles. The van der Waals surface area contributed by atoms with Crippen molar-refractivity contribution in [3.63, 3.8) is 0 Å². The second kappa shape index (κ2) is 7.59. The first-order valence-electron chi connectivity index (χ1n) is 9.70. The zero-order chi connectivity index (χ0) is 20.7. The van der Waals surface area contributed by atoms with Gasteiger partial charge in [-0.25, -0.2) is 0 Å². The molecule has 0 saturated carbocycles. The van der Waals surface area contributed by atoms with E-state index in [0.717, 1.165) is 50.4 Å². The summed E-state index contributed by atoms with van der Waals surface area (Å²) in [4.78, 5) is 17.7. The van der Waals surface area contributed by atoms with Gasteiger partial charge in [-0.1, -0.05) is 28.4 Å². The van der Waals surface area contributed by atoms with Crippen molar-refractivity contribution in [3.8, 4) is 17.3 Å². The number of aromatic nitrogens is 4. The van der Waals surface area contributed by atoms with Gasteiger partial charge in [-0.15, -0.1) is 0 Å². The topological polar surface area (TPSA) is 80.4 Å². The molecule has 4 heterocycles. The van der Waals surface area contributed by atoms with E-state index in [1.165, 1.54) is 0 Å². The predicted octanol–water partition coefficient (Wildman–Crippen LogP) is 3.95. The van der Waals surface area contributed by atoms with Gasteiger partial charge in [0, 0.05) is 47.2 Å². The van der Waals surface area contributed by atoms with Crippen molar-refractivity contribution >= 4 is 35.0 Å². The molecule has 8 nitrogen and oxygen atoms in total. The summed E-state index contributed by atoms with van der Waals surface area (Å²) in [6.07, 6.45) is 5.61. The summed E-state index contributed by atoms with van der Waals surface area (Å²) in [6, 6.07) is 5.76. The van der Waals surface area contributed by atoms with Crippen LogP contribution in [-0.2, 0) is 0 Å². The summed E-state index contributed by atoms with van der Waals surface area (Å²) in [7, 11) is 1.60. The first kappa shape index (κ1) is 19.4. The molecule has 0 unspecified atom stereocenters. The van der Waals surface area contributed by atoms with Gasteiger partial charge >= 0.3 is 6.01 Å². The van der Waals surface area contributed by atoms with E-state index in [1.807, 2.05) is 0 Å². The van der Waals surface area contributed by atoms with Gasteiger partial charge in [-0.3, -0.25) is 4.98 Å². The highest BCUT2D eigenvalue weighted by Gasteiger charge is 2.47. The van der Waals surface area contributed by atoms with E-state index in [-0.39, 0.29) is 5.41 Å². The van der Waals surface area contributed by atoms with Crippen LogP contribution >= 0.6 is 23.2 Å². The molecule has 5 rings (SSSR count). The molecule has 0 aliphatic carbocycles. The Hall–Kier alpha value is -2.58. The fourth-order valence-corrected chi connectivity index (χ4v) is 4.81. The summed E-state index contributed by atoms with van der Waals surface area (Å²) in [6.45, 7) is 3.57. The van der Waals surface area contributed by atoms with Crippen LogP contribution in [-0.4, -0.2) is 53.4 Å². The van der Waals surface area contributed by atoms with Crippen molar-refractivity contribution < 1.29 is 9.26 Å². The second-order valence-corrected chi connectivity index (χ2v) is 8.73. The summed E-state index contributed by atoms with van der Waals surface area (Å²) in [5.41, 5.74) is 0.914. The number of benzene rings is 1. The Kier molecular flexibility index (Phi) is 4.91. The number of methoxy groups -OCH3 is 1. The van der Waals surface area contributed by atoms with Gasteiger partial charge in [-0.2, -0.15) is 9.97 Å². The molecule has 10 heteroatoms. The quantitative estimate of drug-likeness (QED) is 0.595. The Morgan fingerprint density at radius 1 is 1.03 bits per heavy atom. The van der Waals surface area contributed by atoms with Crippen molar-refractivity contribution in [2.45, 2.75) is 12.8 Å². The number of anilines is 2. The fraction of sp³-hybridized carbons (Fsp3) is 0.400. The van der Waals surface area contributed by atoms with Crippen LogP contribution in [0.15, 0.2) is 35.1 Å². The standard InChI is InChI=1S/C20H20Cl2N6O2/c1-29-17-9-23-8-16(24-17)28-11-20(12-28)3-2-4-27(10-20)19-25-18(26-30-19)13-5-14(21)7-15(22)6-13/h5-9H,2-4,10-12H2,1H3. The molecule has 3 aromatic rings. The summed E-state index contributed by atoms with van der Waals surface area (Å²) < 4.78 is 10.8. The van der Waals surface area contributed by atoms with E-state index < -0.39 is 0 Å². The zero-order valence-electron chi connectivity index (χ0n) is 16.4. The van der Waals surface area contributed by atoms with E-state index in [2.05, 4.69) is 29.9 Å². The van der Waals surface area contributed by atoms with Gasteiger partial charge in [0.2, 0.25) is 11.7 Å². The third-order valence-electron chi connectivity index (χ3n) is 5.65. The van der Waals surface area contributed by atoms with Gasteiger partial charge in [0.05, 0.1) is 19.5 Å². The Morgan fingerprint density at radius 3 is 2.57 bits per heavy atom. The first-order chi connectivity index (χ1) is 14.5. The van der Waals surface area contributed by atoms with Crippen LogP contribution in [0.5, 0.6) is 5.88 Å². The maximum Gasteiger partial charge on any atom is 0.324 e. The lowest BCUT2D eigenvalue weighted by atomic mass is 9.73. The monoisotopic (exact) mass is 446 g/mol. The molecule has 2 aliphatic rings. The minimum absolute atomic E-state index is 0.178. The molecule has 1 spiro atoms. The van der Waals surface area contributed by atoms with Crippen molar-refractivity contribution in [1.29, 1.82) is 0 Å². The summed E-state index contributed by atoms with van der Waals surface area (Å²) in [5.74, 6) is 1.85. The molecule has 0 bridgehead atoms. The molecule has 156 valence electrons. The first-order valence-corrected chi connectivity index (χ1v) is 10.5. The molecule has 2 saturated heterocycles.